The van der Waals surface area contributed by atoms with E-state index in [2.05, 4.69) is 0 Å². The van der Waals surface area contributed by atoms with Crippen LogP contribution in [0.25, 0.3) is 0 Å². The molecule has 1 aliphatic rings. The maximum absolute atomic E-state index is 10.9. The summed E-state index contributed by atoms with van der Waals surface area (Å²) in [6, 6.07) is 2.94. The van der Waals surface area contributed by atoms with Crippen molar-refractivity contribution < 1.29 is 19.7 Å². The summed E-state index contributed by atoms with van der Waals surface area (Å²) in [6.45, 7) is 0.619. The van der Waals surface area contributed by atoms with Crippen LogP contribution >= 0.6 is 11.6 Å². The molecule has 1 aromatic rings. The minimum absolute atomic E-state index is 0.0457. The molecule has 0 saturated heterocycles. The average molecular weight is 244 g/mol. The predicted octanol–water partition coefficient (Wildman–Crippen LogP) is 1.92. The van der Waals surface area contributed by atoms with E-state index in [9.17, 15) is 9.90 Å². The molecule has 86 valence electrons. The SMILES string of the molecule is O=C(O)N1CCOc2cc(Cl)cc(O)c2C1. The zero-order valence-electron chi connectivity index (χ0n) is 8.31. The Bertz CT molecular complexity index is 435. The van der Waals surface area contributed by atoms with Gasteiger partial charge in [0.2, 0.25) is 0 Å². The third kappa shape index (κ3) is 1.99. The number of amides is 1. The van der Waals surface area contributed by atoms with E-state index in [-0.39, 0.29) is 25.4 Å². The van der Waals surface area contributed by atoms with Crippen LogP contribution in [0.15, 0.2) is 12.1 Å². The number of carboxylic acid groups (broad SMARTS) is 1. The predicted molar refractivity (Wildman–Crippen MR) is 57.0 cm³/mol. The monoisotopic (exact) mass is 243 g/mol. The van der Waals surface area contributed by atoms with Crippen LogP contribution in [0.3, 0.4) is 0 Å². The second kappa shape index (κ2) is 4.09. The Morgan fingerprint density at radius 3 is 2.94 bits per heavy atom. The summed E-state index contributed by atoms with van der Waals surface area (Å²) in [5, 5.41) is 18.9. The lowest BCUT2D eigenvalue weighted by Gasteiger charge is -2.15. The molecule has 0 saturated carbocycles. The maximum atomic E-state index is 10.9. The Balaban J connectivity index is 2.40. The van der Waals surface area contributed by atoms with Gasteiger partial charge in [-0.05, 0) is 12.1 Å². The molecule has 0 aromatic heterocycles. The molecule has 1 heterocycles. The van der Waals surface area contributed by atoms with Gasteiger partial charge in [-0.1, -0.05) is 11.6 Å². The van der Waals surface area contributed by atoms with E-state index in [0.717, 1.165) is 0 Å². The van der Waals surface area contributed by atoms with Gasteiger partial charge in [0, 0.05) is 5.02 Å². The fourth-order valence-electron chi connectivity index (χ4n) is 1.58. The summed E-state index contributed by atoms with van der Waals surface area (Å²) in [5.41, 5.74) is 0.448. The normalized spacial score (nSPS) is 14.9. The fourth-order valence-corrected chi connectivity index (χ4v) is 1.79. The van der Waals surface area contributed by atoms with Crippen molar-refractivity contribution >= 4 is 17.7 Å². The molecule has 0 spiro atoms. The van der Waals surface area contributed by atoms with Crippen molar-refractivity contribution in [3.8, 4) is 11.5 Å². The van der Waals surface area contributed by atoms with E-state index in [1.807, 2.05) is 0 Å². The number of aromatic hydroxyl groups is 1. The lowest BCUT2D eigenvalue weighted by molar-refractivity contribution is 0.138. The van der Waals surface area contributed by atoms with E-state index in [0.29, 0.717) is 16.3 Å². The van der Waals surface area contributed by atoms with Gasteiger partial charge in [-0.2, -0.15) is 0 Å². The smallest absolute Gasteiger partial charge is 0.407 e. The first-order valence-corrected chi connectivity index (χ1v) is 5.08. The second-order valence-electron chi connectivity index (χ2n) is 3.45. The zero-order valence-corrected chi connectivity index (χ0v) is 9.07. The quantitative estimate of drug-likeness (QED) is 0.730. The Morgan fingerprint density at radius 2 is 2.25 bits per heavy atom. The van der Waals surface area contributed by atoms with Crippen molar-refractivity contribution in [1.82, 2.24) is 4.90 Å². The van der Waals surface area contributed by atoms with E-state index < -0.39 is 6.09 Å². The molecule has 0 atom stereocenters. The van der Waals surface area contributed by atoms with Crippen LogP contribution in [0.2, 0.25) is 5.02 Å². The number of halogens is 1. The Labute approximate surface area is 96.8 Å². The van der Waals surface area contributed by atoms with Gasteiger partial charge in [0.05, 0.1) is 18.7 Å². The van der Waals surface area contributed by atoms with Gasteiger partial charge < -0.3 is 19.8 Å². The first-order valence-electron chi connectivity index (χ1n) is 4.70. The number of carbonyl (C=O) groups is 1. The van der Waals surface area contributed by atoms with Crippen LogP contribution in [-0.2, 0) is 6.54 Å². The highest BCUT2D eigenvalue weighted by molar-refractivity contribution is 6.30. The Kier molecular flexibility index (Phi) is 2.78. The molecule has 0 fully saturated rings. The van der Waals surface area contributed by atoms with Crippen molar-refractivity contribution in [1.29, 1.82) is 0 Å². The first kappa shape index (κ1) is 10.9. The summed E-state index contributed by atoms with van der Waals surface area (Å²) in [7, 11) is 0. The largest absolute Gasteiger partial charge is 0.507 e. The van der Waals surface area contributed by atoms with Gasteiger partial charge in [-0.15, -0.1) is 0 Å². The van der Waals surface area contributed by atoms with Crippen LogP contribution in [0.5, 0.6) is 11.5 Å². The van der Waals surface area contributed by atoms with Crippen molar-refractivity contribution in [2.75, 3.05) is 13.2 Å². The maximum Gasteiger partial charge on any atom is 0.407 e. The molecule has 1 aromatic carbocycles. The van der Waals surface area contributed by atoms with Gasteiger partial charge >= 0.3 is 6.09 Å². The van der Waals surface area contributed by atoms with Gasteiger partial charge in [-0.3, -0.25) is 0 Å². The minimum atomic E-state index is -1.04. The number of rotatable bonds is 0. The van der Waals surface area contributed by atoms with Crippen molar-refractivity contribution in [3.05, 3.63) is 22.7 Å². The second-order valence-corrected chi connectivity index (χ2v) is 3.89. The molecule has 0 radical (unpaired) electrons. The highest BCUT2D eigenvalue weighted by atomic mass is 35.5. The van der Waals surface area contributed by atoms with Crippen LogP contribution < -0.4 is 4.74 Å². The van der Waals surface area contributed by atoms with E-state index >= 15 is 0 Å². The summed E-state index contributed by atoms with van der Waals surface area (Å²) >= 11 is 5.76. The molecule has 16 heavy (non-hydrogen) atoms. The van der Waals surface area contributed by atoms with Crippen LogP contribution in [0.1, 0.15) is 5.56 Å². The summed E-state index contributed by atoms with van der Waals surface area (Å²) in [4.78, 5) is 12.0. The number of phenolic OH excluding ortho intramolecular Hbond substituents is 1. The lowest BCUT2D eigenvalue weighted by atomic mass is 10.1. The van der Waals surface area contributed by atoms with E-state index in [4.69, 9.17) is 21.4 Å². The molecule has 0 bridgehead atoms. The molecule has 6 heteroatoms. The van der Waals surface area contributed by atoms with Crippen molar-refractivity contribution in [2.24, 2.45) is 0 Å². The summed E-state index contributed by atoms with van der Waals surface area (Å²) in [5.74, 6) is 0.393. The molecular formula is C10H10ClNO4. The third-order valence-electron chi connectivity index (χ3n) is 2.39. The number of nitrogens with zero attached hydrogens (tertiary/aromatic N) is 1. The van der Waals surface area contributed by atoms with Gasteiger partial charge in [0.15, 0.2) is 0 Å². The number of hydrogen-bond donors (Lipinski definition) is 2. The van der Waals surface area contributed by atoms with Crippen LogP contribution in [0, 0.1) is 0 Å². The molecule has 1 amide bonds. The average Bonchev–Trinajstić information content (AvgIpc) is 2.39. The summed E-state index contributed by atoms with van der Waals surface area (Å²) < 4.78 is 5.34. The first-order chi connectivity index (χ1) is 7.58. The molecule has 1 aliphatic heterocycles. The number of benzene rings is 1. The highest BCUT2D eigenvalue weighted by Gasteiger charge is 2.22. The zero-order chi connectivity index (χ0) is 11.7. The highest BCUT2D eigenvalue weighted by Crippen LogP contribution is 2.34. The Morgan fingerprint density at radius 1 is 1.50 bits per heavy atom. The number of fused-ring (bicyclic) bond motifs is 1. The van der Waals surface area contributed by atoms with Crippen LogP contribution in [-0.4, -0.2) is 34.4 Å². The number of phenols is 1. The van der Waals surface area contributed by atoms with E-state index in [1.165, 1.54) is 11.0 Å². The van der Waals surface area contributed by atoms with Crippen molar-refractivity contribution in [3.63, 3.8) is 0 Å². The lowest BCUT2D eigenvalue weighted by Crippen LogP contribution is -2.30. The Hall–Kier alpha value is -1.62. The van der Waals surface area contributed by atoms with Gasteiger partial charge in [-0.25, -0.2) is 4.79 Å². The minimum Gasteiger partial charge on any atom is -0.507 e. The summed E-state index contributed by atoms with van der Waals surface area (Å²) in [6.07, 6.45) is -1.04. The number of hydrogen-bond acceptors (Lipinski definition) is 3. The molecule has 2 N–H and O–H groups in total. The van der Waals surface area contributed by atoms with Gasteiger partial charge in [0.1, 0.15) is 18.1 Å². The third-order valence-corrected chi connectivity index (χ3v) is 2.61. The molecule has 2 rings (SSSR count). The van der Waals surface area contributed by atoms with Crippen LogP contribution in [0.4, 0.5) is 4.79 Å². The standard InChI is InChI=1S/C10H10ClNO4/c11-6-3-8(13)7-5-12(10(14)15)1-2-16-9(7)4-6/h3-4,13H,1-2,5H2,(H,14,15). The number of ether oxygens (including phenoxy) is 1. The molecular weight excluding hydrogens is 234 g/mol. The topological polar surface area (TPSA) is 70.0 Å². The fraction of sp³-hybridized carbons (Fsp3) is 0.300. The van der Waals surface area contributed by atoms with Crippen molar-refractivity contribution in [2.45, 2.75) is 6.54 Å². The molecule has 0 aliphatic carbocycles. The van der Waals surface area contributed by atoms with E-state index in [1.54, 1.807) is 6.07 Å². The molecule has 0 unspecified atom stereocenters. The van der Waals surface area contributed by atoms with Gasteiger partial charge in [0.25, 0.3) is 0 Å². The molecule has 5 nitrogen and oxygen atoms in total.